The lowest BCUT2D eigenvalue weighted by atomic mass is 9.83. The summed E-state index contributed by atoms with van der Waals surface area (Å²) in [6, 6.07) is 21.9. The van der Waals surface area contributed by atoms with Crippen molar-refractivity contribution in [3.63, 3.8) is 0 Å². The Morgan fingerprint density at radius 2 is 1.50 bits per heavy atom. The molecule has 1 amide bonds. The molecule has 1 aliphatic rings. The van der Waals surface area contributed by atoms with Gasteiger partial charge in [0.15, 0.2) is 17.4 Å². The van der Waals surface area contributed by atoms with Crippen LogP contribution in [0.1, 0.15) is 47.8 Å². The second-order valence-corrected chi connectivity index (χ2v) is 9.64. The maximum atomic E-state index is 13.0. The van der Waals surface area contributed by atoms with Gasteiger partial charge in [-0.1, -0.05) is 53.5 Å². The summed E-state index contributed by atoms with van der Waals surface area (Å²) in [5.74, 6) is 0.183. The summed E-state index contributed by atoms with van der Waals surface area (Å²) >= 11 is 12.0. The molecule has 0 fully saturated rings. The van der Waals surface area contributed by atoms with Gasteiger partial charge in [0.05, 0.1) is 5.52 Å². The van der Waals surface area contributed by atoms with Gasteiger partial charge in [-0.15, -0.1) is 0 Å². The fraction of sp³-hybridized carbons (Fsp3) is 0.0345. The summed E-state index contributed by atoms with van der Waals surface area (Å²) in [6.07, 6.45) is 0. The summed E-state index contributed by atoms with van der Waals surface area (Å²) < 4.78 is 5.95. The van der Waals surface area contributed by atoms with Crippen molar-refractivity contribution in [2.24, 2.45) is 0 Å². The van der Waals surface area contributed by atoms with Crippen molar-refractivity contribution in [1.29, 1.82) is 0 Å². The summed E-state index contributed by atoms with van der Waals surface area (Å²) in [4.78, 5) is 38.4. The van der Waals surface area contributed by atoms with Crippen LogP contribution >= 0.6 is 23.2 Å². The third-order valence-corrected chi connectivity index (χ3v) is 6.72. The first-order chi connectivity index (χ1) is 18.4. The molecule has 0 atom stereocenters. The lowest BCUT2D eigenvalue weighted by Crippen LogP contribution is -2.21. The van der Waals surface area contributed by atoms with Gasteiger partial charge in [-0.05, 0) is 48.0 Å². The van der Waals surface area contributed by atoms with Crippen LogP contribution in [0.3, 0.4) is 0 Å². The van der Waals surface area contributed by atoms with E-state index in [-0.39, 0.29) is 18.2 Å². The second-order valence-electron chi connectivity index (χ2n) is 8.76. The zero-order valence-corrected chi connectivity index (χ0v) is 21.1. The number of amides is 1. The standard InChI is InChI=1S/C29H17Cl2N3O4/c30-17-10-16(11-18(31)12-17)29(37)32-28-23-8-6-19(13-25(23)33-34-28)38-14-15-5-7-22-24(9-15)27(36)21-4-2-1-3-20(21)26(22)35/h1-13H,14H2,(H2,32,33,34,37). The summed E-state index contributed by atoms with van der Waals surface area (Å²) in [7, 11) is 0. The number of carbonyl (C=O) groups excluding carboxylic acids is 3. The number of ether oxygens (including phenoxy) is 1. The summed E-state index contributed by atoms with van der Waals surface area (Å²) in [6.45, 7) is 0.190. The third-order valence-electron chi connectivity index (χ3n) is 6.29. The highest BCUT2D eigenvalue weighted by molar-refractivity contribution is 6.35. The smallest absolute Gasteiger partial charge is 0.256 e. The minimum Gasteiger partial charge on any atom is -0.489 e. The highest BCUT2D eigenvalue weighted by Gasteiger charge is 2.29. The molecule has 9 heteroatoms. The Morgan fingerprint density at radius 3 is 2.24 bits per heavy atom. The molecule has 1 aromatic heterocycles. The highest BCUT2D eigenvalue weighted by atomic mass is 35.5. The van der Waals surface area contributed by atoms with Crippen LogP contribution in [0.15, 0.2) is 78.9 Å². The Bertz CT molecular complexity index is 1770. The number of rotatable bonds is 5. The van der Waals surface area contributed by atoms with Gasteiger partial charge in [0.2, 0.25) is 0 Å². The summed E-state index contributed by atoms with van der Waals surface area (Å²) in [5.41, 5.74) is 3.33. The predicted molar refractivity (Wildman–Crippen MR) is 145 cm³/mol. The van der Waals surface area contributed by atoms with Gasteiger partial charge in [0, 0.05) is 49.3 Å². The van der Waals surface area contributed by atoms with Gasteiger partial charge in [-0.3, -0.25) is 19.5 Å². The van der Waals surface area contributed by atoms with E-state index >= 15 is 0 Å². The molecule has 0 unspecified atom stereocenters. The van der Waals surface area contributed by atoms with E-state index in [1.165, 1.54) is 12.1 Å². The fourth-order valence-corrected chi connectivity index (χ4v) is 4.98. The SMILES string of the molecule is O=C(Nc1n[nH]c2cc(OCc3ccc4c(c3)C(=O)c3ccccc3C4=O)ccc12)c1cc(Cl)cc(Cl)c1. The van der Waals surface area contributed by atoms with Gasteiger partial charge in [0.1, 0.15) is 12.4 Å². The van der Waals surface area contributed by atoms with Gasteiger partial charge < -0.3 is 10.1 Å². The number of H-pyrrole nitrogens is 1. The van der Waals surface area contributed by atoms with E-state index in [9.17, 15) is 14.4 Å². The number of nitrogens with one attached hydrogen (secondary N) is 2. The first-order valence-electron chi connectivity index (χ1n) is 11.6. The number of hydrogen-bond donors (Lipinski definition) is 2. The van der Waals surface area contributed by atoms with Crippen LogP contribution < -0.4 is 10.1 Å². The molecule has 0 saturated carbocycles. The minimum absolute atomic E-state index is 0.159. The molecule has 0 saturated heterocycles. The topological polar surface area (TPSA) is 101 Å². The van der Waals surface area contributed by atoms with Crippen molar-refractivity contribution in [3.05, 3.63) is 122 Å². The number of benzene rings is 4. The zero-order valence-electron chi connectivity index (χ0n) is 19.5. The number of anilines is 1. The first kappa shape index (κ1) is 23.9. The summed E-state index contributed by atoms with van der Waals surface area (Å²) in [5, 5.41) is 11.3. The van der Waals surface area contributed by atoms with Gasteiger partial charge >= 0.3 is 0 Å². The number of aromatic nitrogens is 2. The van der Waals surface area contributed by atoms with Crippen molar-refractivity contribution in [1.82, 2.24) is 10.2 Å². The van der Waals surface area contributed by atoms with E-state index in [0.717, 1.165) is 5.56 Å². The van der Waals surface area contributed by atoms with E-state index in [1.54, 1.807) is 66.7 Å². The molecule has 1 heterocycles. The number of hydrogen-bond acceptors (Lipinski definition) is 5. The molecule has 6 rings (SSSR count). The van der Waals surface area contributed by atoms with E-state index in [1.807, 2.05) is 0 Å². The molecule has 4 aromatic carbocycles. The Morgan fingerprint density at radius 1 is 0.816 bits per heavy atom. The lowest BCUT2D eigenvalue weighted by Gasteiger charge is -2.18. The Labute approximate surface area is 226 Å². The number of nitrogens with zero attached hydrogens (tertiary/aromatic N) is 1. The molecule has 1 aliphatic carbocycles. The van der Waals surface area contributed by atoms with E-state index < -0.39 is 5.91 Å². The van der Waals surface area contributed by atoms with Crippen molar-refractivity contribution in [2.45, 2.75) is 6.61 Å². The van der Waals surface area contributed by atoms with Crippen LogP contribution in [0, 0.1) is 0 Å². The van der Waals surface area contributed by atoms with Gasteiger partial charge in [0.25, 0.3) is 5.91 Å². The normalized spacial score (nSPS) is 12.3. The molecule has 186 valence electrons. The molecular formula is C29H17Cl2N3O4. The van der Waals surface area contributed by atoms with E-state index in [2.05, 4.69) is 15.5 Å². The maximum absolute atomic E-state index is 13.0. The molecule has 2 N–H and O–H groups in total. The Balaban J connectivity index is 1.18. The van der Waals surface area contributed by atoms with Crippen LogP contribution in [-0.2, 0) is 6.61 Å². The monoisotopic (exact) mass is 541 g/mol. The van der Waals surface area contributed by atoms with Crippen molar-refractivity contribution < 1.29 is 19.1 Å². The first-order valence-corrected chi connectivity index (χ1v) is 12.3. The largest absolute Gasteiger partial charge is 0.489 e. The van der Waals surface area contributed by atoms with E-state index in [4.69, 9.17) is 27.9 Å². The number of halogens is 2. The molecule has 0 radical (unpaired) electrons. The van der Waals surface area contributed by atoms with Crippen molar-refractivity contribution in [3.8, 4) is 5.75 Å². The van der Waals surface area contributed by atoms with Crippen LogP contribution in [-0.4, -0.2) is 27.7 Å². The Kier molecular flexibility index (Phi) is 5.94. The minimum atomic E-state index is -0.397. The van der Waals surface area contributed by atoms with E-state index in [0.29, 0.717) is 60.3 Å². The highest BCUT2D eigenvalue weighted by Crippen LogP contribution is 2.29. The van der Waals surface area contributed by atoms with Crippen LogP contribution in [0.2, 0.25) is 10.0 Å². The molecule has 7 nitrogen and oxygen atoms in total. The molecule has 38 heavy (non-hydrogen) atoms. The van der Waals surface area contributed by atoms with Gasteiger partial charge in [-0.2, -0.15) is 5.10 Å². The number of ketones is 2. The third kappa shape index (κ3) is 4.32. The fourth-order valence-electron chi connectivity index (χ4n) is 4.45. The van der Waals surface area contributed by atoms with Crippen LogP contribution in [0.4, 0.5) is 5.82 Å². The average molecular weight is 542 g/mol. The predicted octanol–water partition coefficient (Wildman–Crippen LogP) is 6.48. The zero-order chi connectivity index (χ0) is 26.4. The number of carbonyl (C=O) groups is 3. The molecule has 5 aromatic rings. The molecule has 0 spiro atoms. The maximum Gasteiger partial charge on any atom is 0.256 e. The molecule has 0 aliphatic heterocycles. The average Bonchev–Trinajstić information content (AvgIpc) is 3.31. The molecule has 0 bridgehead atoms. The molecular weight excluding hydrogens is 525 g/mol. The number of fused-ring (bicyclic) bond motifs is 3. The van der Waals surface area contributed by atoms with Crippen LogP contribution in [0.25, 0.3) is 10.9 Å². The van der Waals surface area contributed by atoms with Gasteiger partial charge in [-0.25, -0.2) is 0 Å². The Hall–Kier alpha value is -4.46. The van der Waals surface area contributed by atoms with Crippen molar-refractivity contribution in [2.75, 3.05) is 5.32 Å². The quantitative estimate of drug-likeness (QED) is 0.260. The number of aromatic amines is 1. The lowest BCUT2D eigenvalue weighted by molar-refractivity contribution is 0.0979. The second kappa shape index (κ2) is 9.45. The van der Waals surface area contributed by atoms with Crippen molar-refractivity contribution >= 4 is 57.4 Å². The van der Waals surface area contributed by atoms with Crippen LogP contribution in [0.5, 0.6) is 5.75 Å².